The van der Waals surface area contributed by atoms with E-state index in [0.29, 0.717) is 30.9 Å². The van der Waals surface area contributed by atoms with E-state index in [-0.39, 0.29) is 13.2 Å². The van der Waals surface area contributed by atoms with Crippen LogP contribution < -0.4 is 0 Å². The molecule has 5 rings (SSSR count). The highest BCUT2D eigenvalue weighted by Gasteiger charge is 2.58. The Kier molecular flexibility index (Phi) is 11.9. The molecular formula is C37H53ClNO9PS. The number of benzene rings is 1. The Labute approximate surface area is 306 Å². The van der Waals surface area contributed by atoms with Crippen LogP contribution in [0.2, 0.25) is 0 Å². The van der Waals surface area contributed by atoms with Crippen molar-refractivity contribution in [1.29, 1.82) is 0 Å². The number of phosphoric ester groups is 1. The molecule has 0 radical (unpaired) electrons. The van der Waals surface area contributed by atoms with Crippen LogP contribution in [0.5, 0.6) is 0 Å². The summed E-state index contributed by atoms with van der Waals surface area (Å²) in [7, 11) is -4.01. The summed E-state index contributed by atoms with van der Waals surface area (Å²) in [6.45, 7) is 17.3. The molecule has 1 aliphatic carbocycles. The molecule has 0 bridgehead atoms. The number of nitrogens with zero attached hydrogens (tertiary/aromatic N) is 1. The summed E-state index contributed by atoms with van der Waals surface area (Å²) in [6.07, 6.45) is 8.06. The van der Waals surface area contributed by atoms with Crippen molar-refractivity contribution in [2.24, 2.45) is 0 Å². The van der Waals surface area contributed by atoms with Crippen molar-refractivity contribution in [2.45, 2.75) is 135 Å². The molecule has 0 spiro atoms. The SMILES string of the molecule is CC(C)(C)OC(O)N1C(CCC2OC=C(SC3=CC(OCc4ccccc4)=CC3)C=C2Cl)(COP2(=O)OC(C)(C)CC(C)(C)O2)COC1(C)C. The first-order valence-corrected chi connectivity index (χ1v) is 19.8. The Morgan fingerprint density at radius 2 is 1.76 bits per heavy atom. The van der Waals surface area contributed by atoms with Gasteiger partial charge in [0.25, 0.3) is 0 Å². The minimum atomic E-state index is -4.01. The highest BCUT2D eigenvalue weighted by molar-refractivity contribution is 8.06. The Morgan fingerprint density at radius 1 is 1.08 bits per heavy atom. The number of aliphatic hydroxyl groups excluding tert-OH is 1. The zero-order chi connectivity index (χ0) is 36.6. The number of aliphatic hydroxyl groups is 1. The average Bonchev–Trinajstić information content (AvgIpc) is 3.53. The second-order valence-electron chi connectivity index (χ2n) is 16.0. The minimum Gasteiger partial charge on any atom is -0.491 e. The van der Waals surface area contributed by atoms with E-state index in [1.807, 2.05) is 105 Å². The molecule has 1 aromatic carbocycles. The van der Waals surface area contributed by atoms with Gasteiger partial charge in [-0.25, -0.2) is 9.46 Å². The summed E-state index contributed by atoms with van der Waals surface area (Å²) in [5, 5.41) is 12.1. The molecule has 1 aromatic rings. The predicted molar refractivity (Wildman–Crippen MR) is 196 cm³/mol. The maximum absolute atomic E-state index is 14.0. The number of halogens is 1. The maximum atomic E-state index is 14.0. The number of hydrogen-bond donors (Lipinski definition) is 1. The van der Waals surface area contributed by atoms with E-state index in [9.17, 15) is 9.67 Å². The van der Waals surface area contributed by atoms with Gasteiger partial charge in [0.1, 0.15) is 24.2 Å². The van der Waals surface area contributed by atoms with E-state index < -0.39 is 48.4 Å². The van der Waals surface area contributed by atoms with Crippen LogP contribution in [-0.2, 0) is 43.7 Å². The van der Waals surface area contributed by atoms with Crippen LogP contribution in [0.15, 0.2) is 75.4 Å². The van der Waals surface area contributed by atoms with Crippen LogP contribution in [-0.4, -0.2) is 63.8 Å². The van der Waals surface area contributed by atoms with Gasteiger partial charge in [0.15, 0.2) is 0 Å². The molecular weight excluding hydrogens is 701 g/mol. The summed E-state index contributed by atoms with van der Waals surface area (Å²) in [5.74, 6) is 0.844. The Hall–Kier alpha value is -1.63. The quantitative estimate of drug-likeness (QED) is 0.154. The number of phosphoric acid groups is 1. The number of thioether (sulfide) groups is 1. The van der Waals surface area contributed by atoms with Gasteiger partial charge in [0.2, 0.25) is 6.41 Å². The molecule has 3 atom stereocenters. The summed E-state index contributed by atoms with van der Waals surface area (Å²) >= 11 is 8.44. The second-order valence-corrected chi connectivity index (χ2v) is 19.2. The van der Waals surface area contributed by atoms with Gasteiger partial charge in [-0.3, -0.25) is 13.6 Å². The summed E-state index contributed by atoms with van der Waals surface area (Å²) < 4.78 is 56.5. The molecule has 1 N–H and O–H groups in total. The lowest BCUT2D eigenvalue weighted by Crippen LogP contribution is -2.61. The first-order valence-electron chi connectivity index (χ1n) is 17.1. The standard InChI is InChI=1S/C37H53ClNO9PS/c1-33(2,3)46-32(40)39-36(8,9)44-24-37(39,25-45-49(41)47-34(4,5)23-35(6,7)48-49)18-17-31-30(38)20-29(22-43-31)50-28-16-15-27(19-28)42-21-26-13-11-10-12-14-26/h10-15,19-20,22,31-32,40H,16-18,21,23-25H2,1-9H3. The van der Waals surface area contributed by atoms with Gasteiger partial charge < -0.3 is 24.1 Å². The van der Waals surface area contributed by atoms with Crippen LogP contribution in [0.4, 0.5) is 0 Å². The molecule has 3 aliphatic heterocycles. The first-order chi connectivity index (χ1) is 23.2. The molecule has 0 amide bonds. The highest BCUT2D eigenvalue weighted by atomic mass is 35.5. The molecule has 3 unspecified atom stereocenters. The third-order valence-corrected chi connectivity index (χ3v) is 11.9. The summed E-state index contributed by atoms with van der Waals surface area (Å²) in [4.78, 5) is 3.75. The van der Waals surface area contributed by atoms with E-state index in [1.54, 1.807) is 22.9 Å². The zero-order valence-corrected chi connectivity index (χ0v) is 33.2. The Morgan fingerprint density at radius 3 is 2.40 bits per heavy atom. The predicted octanol–water partition coefficient (Wildman–Crippen LogP) is 9.27. The van der Waals surface area contributed by atoms with Gasteiger partial charge in [-0.2, -0.15) is 0 Å². The molecule has 3 heterocycles. The first kappa shape index (κ1) is 39.6. The van der Waals surface area contributed by atoms with Crippen molar-refractivity contribution < 1.29 is 42.2 Å². The van der Waals surface area contributed by atoms with E-state index in [1.165, 1.54) is 0 Å². The fourth-order valence-corrected chi connectivity index (χ4v) is 10.1. The van der Waals surface area contributed by atoms with Crippen LogP contribution in [0.3, 0.4) is 0 Å². The van der Waals surface area contributed by atoms with E-state index in [2.05, 4.69) is 6.08 Å². The summed E-state index contributed by atoms with van der Waals surface area (Å²) in [5.41, 5.74) is -2.99. The number of rotatable bonds is 13. The van der Waals surface area contributed by atoms with Crippen molar-refractivity contribution in [3.63, 3.8) is 0 Å². The molecule has 0 aromatic heterocycles. The topological polar surface area (TPSA) is 105 Å². The second kappa shape index (κ2) is 15.0. The highest BCUT2D eigenvalue weighted by Crippen LogP contribution is 2.62. The van der Waals surface area contributed by atoms with E-state index >= 15 is 0 Å². The molecule has 4 aliphatic rings. The lowest BCUT2D eigenvalue weighted by atomic mass is 9.91. The van der Waals surface area contributed by atoms with Crippen molar-refractivity contribution in [2.75, 3.05) is 13.2 Å². The van der Waals surface area contributed by atoms with Crippen LogP contribution in [0.25, 0.3) is 0 Å². The smallest absolute Gasteiger partial charge is 0.475 e. The summed E-state index contributed by atoms with van der Waals surface area (Å²) in [6, 6.07) is 10.1. The van der Waals surface area contributed by atoms with Gasteiger partial charge >= 0.3 is 7.82 Å². The minimum absolute atomic E-state index is 0.134. The number of allylic oxidation sites excluding steroid dienone is 4. The molecule has 13 heteroatoms. The van der Waals surface area contributed by atoms with Crippen LogP contribution in [0.1, 0.15) is 93.6 Å². The maximum Gasteiger partial charge on any atom is 0.475 e. The van der Waals surface area contributed by atoms with Crippen molar-refractivity contribution >= 4 is 31.2 Å². The molecule has 50 heavy (non-hydrogen) atoms. The van der Waals surface area contributed by atoms with Gasteiger partial charge in [-0.1, -0.05) is 53.7 Å². The van der Waals surface area contributed by atoms with Crippen molar-refractivity contribution in [3.05, 3.63) is 81.0 Å². The van der Waals surface area contributed by atoms with Crippen molar-refractivity contribution in [1.82, 2.24) is 4.90 Å². The molecule has 2 saturated heterocycles. The fraction of sp³-hybridized carbons (Fsp3) is 0.622. The third kappa shape index (κ3) is 10.3. The normalized spacial score (nSPS) is 27.9. The number of ether oxygens (including phenoxy) is 4. The number of hydrogen-bond acceptors (Lipinski definition) is 11. The Bertz CT molecular complexity index is 1530. The van der Waals surface area contributed by atoms with Gasteiger partial charge in [0, 0.05) is 17.7 Å². The van der Waals surface area contributed by atoms with Crippen molar-refractivity contribution in [3.8, 4) is 0 Å². The monoisotopic (exact) mass is 753 g/mol. The zero-order valence-electron chi connectivity index (χ0n) is 30.7. The molecule has 0 saturated carbocycles. The fourth-order valence-electron chi connectivity index (χ4n) is 6.91. The lowest BCUT2D eigenvalue weighted by molar-refractivity contribution is -0.290. The Balaban J connectivity index is 1.27. The molecule has 2 fully saturated rings. The lowest BCUT2D eigenvalue weighted by Gasteiger charge is -2.47. The largest absolute Gasteiger partial charge is 0.491 e. The van der Waals surface area contributed by atoms with Crippen LogP contribution in [0, 0.1) is 0 Å². The van der Waals surface area contributed by atoms with E-state index in [0.717, 1.165) is 27.6 Å². The molecule has 278 valence electrons. The van der Waals surface area contributed by atoms with E-state index in [4.69, 9.17) is 44.1 Å². The third-order valence-electron chi connectivity index (χ3n) is 8.64. The van der Waals surface area contributed by atoms with Gasteiger partial charge in [-0.15, -0.1) is 0 Å². The van der Waals surface area contributed by atoms with Gasteiger partial charge in [0.05, 0.1) is 46.9 Å². The van der Waals surface area contributed by atoms with Gasteiger partial charge in [-0.05, 0) is 104 Å². The average molecular weight is 754 g/mol. The van der Waals surface area contributed by atoms with Crippen LogP contribution >= 0.6 is 31.2 Å². The molecule has 10 nitrogen and oxygen atoms in total.